The average Bonchev–Trinajstić information content (AvgIpc) is 3.05. The summed E-state index contributed by atoms with van der Waals surface area (Å²) >= 11 is 0. The highest BCUT2D eigenvalue weighted by molar-refractivity contribution is 5.57. The first-order chi connectivity index (χ1) is 14.1. The van der Waals surface area contributed by atoms with E-state index in [9.17, 15) is 4.79 Å². The van der Waals surface area contributed by atoms with Crippen molar-refractivity contribution in [3.8, 4) is 11.7 Å². The molecular formula is C21H24N4O4. The molecule has 0 fully saturated rings. The van der Waals surface area contributed by atoms with Crippen LogP contribution in [0.5, 0.6) is 6.01 Å². The van der Waals surface area contributed by atoms with Crippen molar-refractivity contribution in [3.63, 3.8) is 0 Å². The number of nitrogens with zero attached hydrogens (tertiary/aromatic N) is 4. The first-order valence-electron chi connectivity index (χ1n) is 9.20. The SMILES string of the molecule is COc1nn(C)c(=O)n1-c1ccccc1COC/C=N/OC(C)c1ccccc1. The molecule has 1 atom stereocenters. The molecule has 0 saturated carbocycles. The molecule has 1 aromatic heterocycles. The molecular weight excluding hydrogens is 372 g/mol. The molecule has 0 amide bonds. The van der Waals surface area contributed by atoms with Crippen LogP contribution in [0.15, 0.2) is 64.5 Å². The third-order valence-electron chi connectivity index (χ3n) is 4.32. The van der Waals surface area contributed by atoms with Gasteiger partial charge in [0.2, 0.25) is 0 Å². The summed E-state index contributed by atoms with van der Waals surface area (Å²) in [6.07, 6.45) is 1.43. The Kier molecular flexibility index (Phi) is 6.80. The number of hydrogen-bond acceptors (Lipinski definition) is 6. The van der Waals surface area contributed by atoms with Crippen LogP contribution >= 0.6 is 0 Å². The van der Waals surface area contributed by atoms with Gasteiger partial charge in [0.25, 0.3) is 0 Å². The minimum atomic E-state index is -0.292. The van der Waals surface area contributed by atoms with Crippen molar-refractivity contribution in [2.75, 3.05) is 13.7 Å². The molecule has 0 N–H and O–H groups in total. The summed E-state index contributed by atoms with van der Waals surface area (Å²) in [5.41, 5.74) is 2.25. The molecule has 0 aliphatic rings. The van der Waals surface area contributed by atoms with Gasteiger partial charge in [0.15, 0.2) is 0 Å². The van der Waals surface area contributed by atoms with E-state index in [-0.39, 0.29) is 24.4 Å². The van der Waals surface area contributed by atoms with Crippen LogP contribution in [0.1, 0.15) is 24.2 Å². The molecule has 29 heavy (non-hydrogen) atoms. The number of oxime groups is 1. The molecule has 8 nitrogen and oxygen atoms in total. The highest BCUT2D eigenvalue weighted by Crippen LogP contribution is 2.18. The Morgan fingerprint density at radius 3 is 2.62 bits per heavy atom. The van der Waals surface area contributed by atoms with Crippen molar-refractivity contribution in [1.82, 2.24) is 14.3 Å². The van der Waals surface area contributed by atoms with E-state index >= 15 is 0 Å². The zero-order valence-electron chi connectivity index (χ0n) is 16.7. The monoisotopic (exact) mass is 396 g/mol. The Balaban J connectivity index is 1.59. The zero-order valence-corrected chi connectivity index (χ0v) is 16.7. The highest BCUT2D eigenvalue weighted by Gasteiger charge is 2.16. The molecule has 1 unspecified atom stereocenters. The van der Waals surface area contributed by atoms with Crippen LogP contribution in [0.4, 0.5) is 0 Å². The Morgan fingerprint density at radius 1 is 1.14 bits per heavy atom. The van der Waals surface area contributed by atoms with Gasteiger partial charge < -0.3 is 14.3 Å². The second-order valence-electron chi connectivity index (χ2n) is 6.32. The number of methoxy groups -OCH3 is 1. The molecule has 0 aliphatic carbocycles. The smallest absolute Gasteiger partial charge is 0.353 e. The van der Waals surface area contributed by atoms with Gasteiger partial charge in [-0.2, -0.15) is 0 Å². The van der Waals surface area contributed by atoms with Crippen molar-refractivity contribution in [3.05, 3.63) is 76.2 Å². The van der Waals surface area contributed by atoms with E-state index in [0.717, 1.165) is 11.1 Å². The Morgan fingerprint density at radius 2 is 1.86 bits per heavy atom. The lowest BCUT2D eigenvalue weighted by Crippen LogP contribution is -2.22. The quantitative estimate of drug-likeness (QED) is 0.316. The van der Waals surface area contributed by atoms with Crippen molar-refractivity contribution in [2.45, 2.75) is 19.6 Å². The molecule has 0 bridgehead atoms. The Bertz CT molecular complexity index is 1010. The number of aromatic nitrogens is 3. The van der Waals surface area contributed by atoms with Crippen LogP contribution in [0, 0.1) is 0 Å². The van der Waals surface area contributed by atoms with Crippen molar-refractivity contribution in [2.24, 2.45) is 12.2 Å². The third kappa shape index (κ3) is 4.91. The van der Waals surface area contributed by atoms with Crippen LogP contribution in [0.3, 0.4) is 0 Å². The van der Waals surface area contributed by atoms with Gasteiger partial charge in [0.1, 0.15) is 6.10 Å². The first-order valence-corrected chi connectivity index (χ1v) is 9.20. The van der Waals surface area contributed by atoms with E-state index in [2.05, 4.69) is 10.3 Å². The van der Waals surface area contributed by atoms with Crippen molar-refractivity contribution in [1.29, 1.82) is 0 Å². The summed E-state index contributed by atoms with van der Waals surface area (Å²) in [4.78, 5) is 17.8. The standard InChI is InChI=1S/C21H24N4O4/c1-16(17-9-5-4-6-10-17)29-22-13-14-28-15-18-11-7-8-12-19(18)25-20(27-3)23-24(2)21(25)26/h4-13,16H,14-15H2,1-3H3/b22-13+. The predicted octanol–water partition coefficient (Wildman–Crippen LogP) is 2.86. The lowest BCUT2D eigenvalue weighted by Gasteiger charge is -2.11. The minimum absolute atomic E-state index is 0.141. The van der Waals surface area contributed by atoms with Gasteiger partial charge in [0, 0.05) is 12.6 Å². The first kappa shape index (κ1) is 20.3. The number of benzene rings is 2. The lowest BCUT2D eigenvalue weighted by atomic mass is 10.1. The van der Waals surface area contributed by atoms with Crippen LogP contribution in [-0.4, -0.2) is 34.3 Å². The molecule has 3 rings (SSSR count). The summed E-state index contributed by atoms with van der Waals surface area (Å²) in [5, 5.41) is 8.04. The van der Waals surface area contributed by atoms with Crippen molar-refractivity contribution < 1.29 is 14.3 Å². The molecule has 0 spiro atoms. The van der Waals surface area contributed by atoms with Crippen LogP contribution in [-0.2, 0) is 23.2 Å². The van der Waals surface area contributed by atoms with E-state index in [4.69, 9.17) is 14.3 Å². The zero-order chi connectivity index (χ0) is 20.6. The number of rotatable bonds is 9. The van der Waals surface area contributed by atoms with Gasteiger partial charge >= 0.3 is 11.7 Å². The minimum Gasteiger partial charge on any atom is -0.467 e. The summed E-state index contributed by atoms with van der Waals surface area (Å²) in [7, 11) is 3.05. The topological polar surface area (TPSA) is 79.9 Å². The fraction of sp³-hybridized carbons (Fsp3) is 0.286. The van der Waals surface area contributed by atoms with Gasteiger partial charge in [0.05, 0.1) is 32.2 Å². The summed E-state index contributed by atoms with van der Waals surface area (Å²) in [6, 6.07) is 17.5. The molecule has 0 aliphatic heterocycles. The normalized spacial score (nSPS) is 12.2. The Labute approximate surface area is 168 Å². The fourth-order valence-electron chi connectivity index (χ4n) is 2.80. The van der Waals surface area contributed by atoms with Crippen molar-refractivity contribution >= 4 is 6.21 Å². The largest absolute Gasteiger partial charge is 0.467 e. The number of aryl methyl sites for hydroxylation is 1. The van der Waals surface area contributed by atoms with Gasteiger partial charge in [-0.25, -0.2) is 14.0 Å². The third-order valence-corrected chi connectivity index (χ3v) is 4.32. The molecule has 8 heteroatoms. The van der Waals surface area contributed by atoms with Gasteiger partial charge in [-0.15, -0.1) is 5.10 Å². The predicted molar refractivity (Wildman–Crippen MR) is 109 cm³/mol. The van der Waals surface area contributed by atoms with Crippen LogP contribution in [0.2, 0.25) is 0 Å². The average molecular weight is 396 g/mol. The van der Waals surface area contributed by atoms with Gasteiger partial charge in [-0.3, -0.25) is 0 Å². The number of para-hydroxylation sites is 1. The van der Waals surface area contributed by atoms with E-state index in [1.165, 1.54) is 16.4 Å². The van der Waals surface area contributed by atoms with Gasteiger partial charge in [-0.05, 0) is 18.6 Å². The second kappa shape index (κ2) is 9.70. The van der Waals surface area contributed by atoms with E-state index in [1.54, 1.807) is 13.3 Å². The maximum absolute atomic E-state index is 12.4. The van der Waals surface area contributed by atoms with E-state index in [1.807, 2.05) is 61.5 Å². The van der Waals surface area contributed by atoms with E-state index in [0.29, 0.717) is 12.3 Å². The maximum Gasteiger partial charge on any atom is 0.353 e. The lowest BCUT2D eigenvalue weighted by molar-refractivity contribution is 0.0705. The van der Waals surface area contributed by atoms with Gasteiger partial charge in [-0.1, -0.05) is 53.7 Å². The summed E-state index contributed by atoms with van der Waals surface area (Å²) in [6.45, 7) is 2.50. The van der Waals surface area contributed by atoms with E-state index < -0.39 is 0 Å². The molecule has 152 valence electrons. The summed E-state index contributed by atoms with van der Waals surface area (Å²) in [5.74, 6) is 0. The van der Waals surface area contributed by atoms with Crippen LogP contribution in [0.25, 0.3) is 5.69 Å². The molecule has 0 radical (unpaired) electrons. The number of ether oxygens (including phenoxy) is 2. The Hall–Kier alpha value is -3.39. The second-order valence-corrected chi connectivity index (χ2v) is 6.32. The molecule has 2 aromatic carbocycles. The molecule has 3 aromatic rings. The maximum atomic E-state index is 12.4. The van der Waals surface area contributed by atoms with Crippen LogP contribution < -0.4 is 10.4 Å². The molecule has 1 heterocycles. The number of hydrogen-bond donors (Lipinski definition) is 0. The highest BCUT2D eigenvalue weighted by atomic mass is 16.6. The molecule has 0 saturated heterocycles. The fourth-order valence-corrected chi connectivity index (χ4v) is 2.80. The summed E-state index contributed by atoms with van der Waals surface area (Å²) < 4.78 is 13.5.